The van der Waals surface area contributed by atoms with Crippen molar-refractivity contribution in [2.45, 2.75) is 27.7 Å². The molecule has 2 rings (SSSR count). The predicted octanol–water partition coefficient (Wildman–Crippen LogP) is 1.69. The van der Waals surface area contributed by atoms with Crippen LogP contribution in [-0.4, -0.2) is 48.4 Å². The lowest BCUT2D eigenvalue weighted by molar-refractivity contribution is -0.133. The summed E-state index contributed by atoms with van der Waals surface area (Å²) in [5.41, 5.74) is 0. The Morgan fingerprint density at radius 3 is 2.00 bits per heavy atom. The van der Waals surface area contributed by atoms with Gasteiger partial charge in [0.2, 0.25) is 5.91 Å². The lowest BCUT2D eigenvalue weighted by Gasteiger charge is -2.23. The molecule has 98 valence electrons. The van der Waals surface area contributed by atoms with Crippen LogP contribution in [0.3, 0.4) is 0 Å². The smallest absolute Gasteiger partial charge is 0.225 e. The minimum atomic E-state index is 0.153. The summed E-state index contributed by atoms with van der Waals surface area (Å²) in [6.07, 6.45) is 0. The molecule has 0 aliphatic carbocycles. The molecule has 17 heavy (non-hydrogen) atoms. The quantitative estimate of drug-likeness (QED) is 0.747. The third kappa shape index (κ3) is 2.82. The van der Waals surface area contributed by atoms with Gasteiger partial charge in [-0.15, -0.1) is 0 Å². The number of rotatable bonds is 3. The molecule has 0 N–H and O–H groups in total. The van der Waals surface area contributed by atoms with E-state index in [0.717, 1.165) is 30.8 Å². The van der Waals surface area contributed by atoms with Crippen LogP contribution >= 0.6 is 0 Å². The lowest BCUT2D eigenvalue weighted by atomic mass is 10.0. The summed E-state index contributed by atoms with van der Waals surface area (Å²) >= 11 is 0. The van der Waals surface area contributed by atoms with Crippen molar-refractivity contribution in [3.63, 3.8) is 0 Å². The summed E-state index contributed by atoms with van der Waals surface area (Å²) in [7, 11) is 0. The summed E-state index contributed by atoms with van der Waals surface area (Å²) in [4.78, 5) is 16.6. The van der Waals surface area contributed by atoms with Gasteiger partial charge in [0.1, 0.15) is 0 Å². The third-order valence-electron chi connectivity index (χ3n) is 3.99. The van der Waals surface area contributed by atoms with Gasteiger partial charge in [-0.25, -0.2) is 0 Å². The number of hydrogen-bond acceptors (Lipinski definition) is 2. The molecule has 3 heteroatoms. The van der Waals surface area contributed by atoms with Gasteiger partial charge in [-0.2, -0.15) is 0 Å². The molecule has 3 nitrogen and oxygen atoms in total. The van der Waals surface area contributed by atoms with Gasteiger partial charge in [-0.3, -0.25) is 4.79 Å². The Kier molecular flexibility index (Phi) is 3.76. The molecule has 0 aromatic rings. The highest BCUT2D eigenvalue weighted by Crippen LogP contribution is 2.32. The molecule has 2 aliphatic rings. The van der Waals surface area contributed by atoms with Crippen molar-refractivity contribution in [3.8, 4) is 0 Å². The molecular weight excluding hydrogens is 212 g/mol. The number of carbonyl (C=O) groups excluding carboxylic acids is 1. The Bertz CT molecular complexity index is 274. The van der Waals surface area contributed by atoms with E-state index in [1.807, 2.05) is 13.8 Å². The fraction of sp³-hybridized carbons (Fsp3) is 0.929. The molecular formula is C14H26N2O. The van der Waals surface area contributed by atoms with Gasteiger partial charge in [0.25, 0.3) is 0 Å². The molecule has 2 fully saturated rings. The minimum absolute atomic E-state index is 0.153. The van der Waals surface area contributed by atoms with Crippen LogP contribution in [0.2, 0.25) is 0 Å². The van der Waals surface area contributed by atoms with Crippen molar-refractivity contribution in [1.82, 2.24) is 9.80 Å². The highest BCUT2D eigenvalue weighted by atomic mass is 16.2. The zero-order chi connectivity index (χ0) is 12.6. The molecule has 0 radical (unpaired) electrons. The Labute approximate surface area is 105 Å². The molecule has 0 aromatic carbocycles. The topological polar surface area (TPSA) is 23.6 Å². The second-order valence-corrected chi connectivity index (χ2v) is 6.53. The third-order valence-corrected chi connectivity index (χ3v) is 3.99. The average Bonchev–Trinajstić information content (AvgIpc) is 2.72. The van der Waals surface area contributed by atoms with Gasteiger partial charge < -0.3 is 9.80 Å². The van der Waals surface area contributed by atoms with Gasteiger partial charge in [-0.05, 0) is 17.8 Å². The van der Waals surface area contributed by atoms with Gasteiger partial charge in [-0.1, -0.05) is 27.7 Å². The first-order valence-electron chi connectivity index (χ1n) is 6.98. The van der Waals surface area contributed by atoms with E-state index in [2.05, 4.69) is 23.6 Å². The van der Waals surface area contributed by atoms with E-state index in [4.69, 9.17) is 0 Å². The number of nitrogens with zero attached hydrogens (tertiary/aromatic N) is 2. The van der Waals surface area contributed by atoms with Crippen molar-refractivity contribution in [1.29, 1.82) is 0 Å². The van der Waals surface area contributed by atoms with Crippen LogP contribution in [0.5, 0.6) is 0 Å². The summed E-state index contributed by atoms with van der Waals surface area (Å²) in [5.74, 6) is 2.71. The van der Waals surface area contributed by atoms with Crippen molar-refractivity contribution in [2.24, 2.45) is 23.7 Å². The summed E-state index contributed by atoms with van der Waals surface area (Å²) < 4.78 is 0. The number of likely N-dealkylation sites (tertiary alicyclic amines) is 2. The molecule has 2 atom stereocenters. The Balaban J connectivity index is 1.85. The van der Waals surface area contributed by atoms with E-state index in [1.165, 1.54) is 19.6 Å². The van der Waals surface area contributed by atoms with Crippen LogP contribution in [0.25, 0.3) is 0 Å². The lowest BCUT2D eigenvalue weighted by Crippen LogP contribution is -2.36. The Morgan fingerprint density at radius 2 is 1.59 bits per heavy atom. The van der Waals surface area contributed by atoms with Gasteiger partial charge in [0, 0.05) is 38.6 Å². The molecule has 0 aromatic heterocycles. The number of fused-ring (bicyclic) bond motifs is 1. The second kappa shape index (κ2) is 4.97. The van der Waals surface area contributed by atoms with Crippen LogP contribution in [0.4, 0.5) is 0 Å². The standard InChI is InChI=1S/C14H26N2O/c1-10(2)5-15-6-12-8-16(9-13(12)7-15)14(17)11(3)4/h10-13H,5-9H2,1-4H3/t12-,13+. The molecule has 2 aliphatic heterocycles. The maximum Gasteiger partial charge on any atom is 0.225 e. The van der Waals surface area contributed by atoms with Crippen LogP contribution in [-0.2, 0) is 4.79 Å². The Hall–Kier alpha value is -0.570. The normalized spacial score (nSPS) is 29.4. The van der Waals surface area contributed by atoms with E-state index >= 15 is 0 Å². The van der Waals surface area contributed by atoms with Crippen molar-refractivity contribution in [2.75, 3.05) is 32.7 Å². The average molecular weight is 238 g/mol. The van der Waals surface area contributed by atoms with Crippen LogP contribution < -0.4 is 0 Å². The zero-order valence-corrected chi connectivity index (χ0v) is 11.6. The van der Waals surface area contributed by atoms with Crippen molar-refractivity contribution >= 4 is 5.91 Å². The monoisotopic (exact) mass is 238 g/mol. The first kappa shape index (κ1) is 12.9. The molecule has 0 spiro atoms. The molecule has 2 heterocycles. The SMILES string of the molecule is CC(C)CN1C[C@@H]2CN(C(=O)C(C)C)C[C@@H]2C1. The second-order valence-electron chi connectivity index (χ2n) is 6.53. The van der Waals surface area contributed by atoms with Crippen LogP contribution in [0, 0.1) is 23.7 Å². The molecule has 0 saturated carbocycles. The van der Waals surface area contributed by atoms with E-state index < -0.39 is 0 Å². The summed E-state index contributed by atoms with van der Waals surface area (Å²) in [5, 5.41) is 0. The highest BCUT2D eigenvalue weighted by molar-refractivity contribution is 5.78. The van der Waals surface area contributed by atoms with Gasteiger partial charge >= 0.3 is 0 Å². The van der Waals surface area contributed by atoms with E-state index in [0.29, 0.717) is 5.91 Å². The number of amides is 1. The molecule has 0 bridgehead atoms. The van der Waals surface area contributed by atoms with E-state index in [9.17, 15) is 4.79 Å². The fourth-order valence-corrected chi connectivity index (χ4v) is 3.30. The number of carbonyl (C=O) groups is 1. The Morgan fingerprint density at radius 1 is 1.06 bits per heavy atom. The summed E-state index contributed by atoms with van der Waals surface area (Å²) in [6.45, 7) is 14.2. The molecule has 0 unspecified atom stereocenters. The predicted molar refractivity (Wildman–Crippen MR) is 69.7 cm³/mol. The van der Waals surface area contributed by atoms with Crippen molar-refractivity contribution in [3.05, 3.63) is 0 Å². The van der Waals surface area contributed by atoms with Crippen LogP contribution in [0.15, 0.2) is 0 Å². The largest absolute Gasteiger partial charge is 0.342 e. The number of hydrogen-bond donors (Lipinski definition) is 0. The maximum atomic E-state index is 11.9. The van der Waals surface area contributed by atoms with Gasteiger partial charge in [0.15, 0.2) is 0 Å². The first-order chi connectivity index (χ1) is 7.97. The van der Waals surface area contributed by atoms with E-state index in [1.54, 1.807) is 0 Å². The maximum absolute atomic E-state index is 11.9. The van der Waals surface area contributed by atoms with Crippen molar-refractivity contribution < 1.29 is 4.79 Å². The highest BCUT2D eigenvalue weighted by Gasteiger charge is 2.41. The van der Waals surface area contributed by atoms with Gasteiger partial charge in [0.05, 0.1) is 0 Å². The molecule has 2 saturated heterocycles. The minimum Gasteiger partial charge on any atom is -0.342 e. The fourth-order valence-electron chi connectivity index (χ4n) is 3.30. The first-order valence-corrected chi connectivity index (χ1v) is 6.98. The van der Waals surface area contributed by atoms with Crippen LogP contribution in [0.1, 0.15) is 27.7 Å². The van der Waals surface area contributed by atoms with E-state index in [-0.39, 0.29) is 5.92 Å². The zero-order valence-electron chi connectivity index (χ0n) is 11.6. The summed E-state index contributed by atoms with van der Waals surface area (Å²) in [6, 6.07) is 0. The molecule has 1 amide bonds.